The highest BCUT2D eigenvalue weighted by Gasteiger charge is 2.19. The zero-order chi connectivity index (χ0) is 24.6. The van der Waals surface area contributed by atoms with Crippen LogP contribution in [0.4, 0.5) is 5.69 Å². The molecule has 0 aliphatic rings. The summed E-state index contributed by atoms with van der Waals surface area (Å²) >= 11 is 0. The molecule has 0 fully saturated rings. The van der Waals surface area contributed by atoms with Gasteiger partial charge in [-0.25, -0.2) is 15.0 Å². The van der Waals surface area contributed by atoms with Crippen LogP contribution in [0.1, 0.15) is 27.8 Å². The van der Waals surface area contributed by atoms with E-state index < -0.39 is 0 Å². The summed E-state index contributed by atoms with van der Waals surface area (Å²) in [7, 11) is 0. The lowest BCUT2D eigenvalue weighted by atomic mass is 9.93. The third kappa shape index (κ3) is 2.84. The molecule has 0 N–H and O–H groups in total. The molecule has 5 nitrogen and oxygen atoms in total. The highest BCUT2D eigenvalue weighted by molar-refractivity contribution is 6.10. The minimum Gasteiger partial charge on any atom is -0.287 e. The van der Waals surface area contributed by atoms with Crippen LogP contribution in [0.15, 0.2) is 63.1 Å². The Morgan fingerprint density at radius 1 is 0.514 bits per heavy atom. The standard InChI is InChI=1S/C30H23N3O2/c1-14-15(2)17(4)23(18(5)16(14)3)31-24-19-10-6-7-11-20(19)25-26(24)33-28-27(32-25)29(34)21-12-8-9-13-22(21)30(28)35/h6-13H,1-5H3. The van der Waals surface area contributed by atoms with Crippen molar-refractivity contribution in [2.75, 3.05) is 0 Å². The van der Waals surface area contributed by atoms with Gasteiger partial charge in [0.15, 0.2) is 0 Å². The van der Waals surface area contributed by atoms with E-state index in [1.165, 1.54) is 16.7 Å². The summed E-state index contributed by atoms with van der Waals surface area (Å²) in [5.74, 6) is 0. The average molecular weight is 458 g/mol. The molecule has 0 aliphatic carbocycles. The van der Waals surface area contributed by atoms with E-state index in [0.717, 1.165) is 27.6 Å². The van der Waals surface area contributed by atoms with E-state index in [2.05, 4.69) is 34.6 Å². The Labute approximate surface area is 201 Å². The summed E-state index contributed by atoms with van der Waals surface area (Å²) < 4.78 is 0. The molecule has 1 heterocycles. The first-order chi connectivity index (χ1) is 16.8. The van der Waals surface area contributed by atoms with Crippen molar-refractivity contribution in [3.8, 4) is 0 Å². The number of aromatic nitrogens is 2. The molecule has 6 rings (SSSR count). The van der Waals surface area contributed by atoms with Gasteiger partial charge >= 0.3 is 0 Å². The molecule has 0 atom stereocenters. The Hall–Kier alpha value is -4.25. The molecular formula is C30H23N3O2. The van der Waals surface area contributed by atoms with Gasteiger partial charge in [0.1, 0.15) is 16.6 Å². The molecule has 5 heteroatoms. The van der Waals surface area contributed by atoms with Crippen molar-refractivity contribution in [2.24, 2.45) is 4.99 Å². The summed E-state index contributed by atoms with van der Waals surface area (Å²) in [6, 6.07) is 14.7. The zero-order valence-electron chi connectivity index (χ0n) is 20.3. The van der Waals surface area contributed by atoms with Crippen LogP contribution in [-0.2, 0) is 0 Å². The Morgan fingerprint density at radius 2 is 0.943 bits per heavy atom. The van der Waals surface area contributed by atoms with Gasteiger partial charge in [0, 0.05) is 21.5 Å². The van der Waals surface area contributed by atoms with E-state index in [1.807, 2.05) is 24.3 Å². The Balaban J connectivity index is 1.85. The maximum Gasteiger partial charge on any atom is 0.214 e. The molecule has 1 aromatic heterocycles. The summed E-state index contributed by atoms with van der Waals surface area (Å²) in [5, 5.41) is 3.18. The number of hydrogen-bond donors (Lipinski definition) is 0. The van der Waals surface area contributed by atoms with Gasteiger partial charge in [-0.05, 0) is 62.4 Å². The van der Waals surface area contributed by atoms with Crippen molar-refractivity contribution >= 4 is 49.3 Å². The highest BCUT2D eigenvalue weighted by Crippen LogP contribution is 2.33. The molecular weight excluding hydrogens is 434 g/mol. The normalized spacial score (nSPS) is 12.5. The summed E-state index contributed by atoms with van der Waals surface area (Å²) in [5.41, 5.74) is 7.64. The molecule has 5 aromatic carbocycles. The van der Waals surface area contributed by atoms with E-state index >= 15 is 0 Å². The van der Waals surface area contributed by atoms with Gasteiger partial charge in [0.25, 0.3) is 0 Å². The number of fused-ring (bicyclic) bond motifs is 5. The summed E-state index contributed by atoms with van der Waals surface area (Å²) in [6.45, 7) is 10.6. The quantitative estimate of drug-likeness (QED) is 0.307. The van der Waals surface area contributed by atoms with Crippen LogP contribution in [0.5, 0.6) is 0 Å². The second kappa shape index (κ2) is 7.37. The first-order valence-electron chi connectivity index (χ1n) is 11.7. The summed E-state index contributed by atoms with van der Waals surface area (Å²) in [4.78, 5) is 41.3. The van der Waals surface area contributed by atoms with Crippen molar-refractivity contribution in [3.05, 3.63) is 102 Å². The van der Waals surface area contributed by atoms with Gasteiger partial charge in [0.2, 0.25) is 10.9 Å². The van der Waals surface area contributed by atoms with Crippen molar-refractivity contribution < 1.29 is 0 Å². The first kappa shape index (κ1) is 21.3. The average Bonchev–Trinajstić information content (AvgIpc) is 3.19. The molecule has 0 saturated carbocycles. The lowest BCUT2D eigenvalue weighted by Gasteiger charge is -2.15. The lowest BCUT2D eigenvalue weighted by Crippen LogP contribution is -2.16. The monoisotopic (exact) mass is 457 g/mol. The van der Waals surface area contributed by atoms with Gasteiger partial charge in [-0.2, -0.15) is 0 Å². The van der Waals surface area contributed by atoms with E-state index in [-0.39, 0.29) is 21.9 Å². The van der Waals surface area contributed by atoms with Crippen molar-refractivity contribution in [1.82, 2.24) is 9.97 Å². The van der Waals surface area contributed by atoms with Crippen LogP contribution in [0, 0.1) is 34.6 Å². The zero-order valence-corrected chi connectivity index (χ0v) is 20.3. The molecule has 170 valence electrons. The Morgan fingerprint density at radius 3 is 1.49 bits per heavy atom. The second-order valence-corrected chi connectivity index (χ2v) is 9.30. The van der Waals surface area contributed by atoms with Gasteiger partial charge in [-0.1, -0.05) is 48.5 Å². The molecule has 6 aromatic rings. The van der Waals surface area contributed by atoms with Crippen molar-refractivity contribution in [3.63, 3.8) is 0 Å². The fourth-order valence-electron chi connectivity index (χ4n) is 5.14. The minimum absolute atomic E-state index is 0.0951. The maximum atomic E-state index is 13.3. The lowest BCUT2D eigenvalue weighted by molar-refractivity contribution is 1.15. The fourth-order valence-corrected chi connectivity index (χ4v) is 5.14. The first-order valence-corrected chi connectivity index (χ1v) is 11.7. The number of benzene rings is 4. The smallest absolute Gasteiger partial charge is 0.214 e. The predicted molar refractivity (Wildman–Crippen MR) is 142 cm³/mol. The Bertz CT molecular complexity index is 2020. The molecule has 35 heavy (non-hydrogen) atoms. The van der Waals surface area contributed by atoms with Crippen molar-refractivity contribution in [1.29, 1.82) is 0 Å². The van der Waals surface area contributed by atoms with E-state index in [9.17, 15) is 9.59 Å². The van der Waals surface area contributed by atoms with Crippen LogP contribution >= 0.6 is 0 Å². The van der Waals surface area contributed by atoms with E-state index in [1.54, 1.807) is 24.3 Å². The van der Waals surface area contributed by atoms with Gasteiger partial charge < -0.3 is 0 Å². The molecule has 0 unspecified atom stereocenters. The van der Waals surface area contributed by atoms with E-state index in [0.29, 0.717) is 27.2 Å². The third-order valence-electron chi connectivity index (χ3n) is 7.59. The number of hydrogen-bond acceptors (Lipinski definition) is 5. The molecule has 0 aliphatic heterocycles. The van der Waals surface area contributed by atoms with Crippen LogP contribution in [0.2, 0.25) is 0 Å². The number of rotatable bonds is 1. The largest absolute Gasteiger partial charge is 0.287 e. The topological polar surface area (TPSA) is 72.3 Å². The molecule has 0 amide bonds. The van der Waals surface area contributed by atoms with Gasteiger partial charge in [-0.3, -0.25) is 9.59 Å². The predicted octanol–water partition coefficient (Wildman–Crippen LogP) is 5.46. The number of nitrogens with zero attached hydrogens (tertiary/aromatic N) is 3. The van der Waals surface area contributed by atoms with Crippen LogP contribution in [0.3, 0.4) is 0 Å². The van der Waals surface area contributed by atoms with Gasteiger partial charge in [-0.15, -0.1) is 0 Å². The SMILES string of the molecule is Cc1c(C)c(C)c(N=c2c3ccccc3c3nc4c(=O)c5ccccc5c(=O)c4nc23)c(C)c1C. The third-order valence-corrected chi connectivity index (χ3v) is 7.59. The fraction of sp³-hybridized carbons (Fsp3) is 0.167. The molecule has 0 bridgehead atoms. The van der Waals surface area contributed by atoms with Crippen molar-refractivity contribution in [2.45, 2.75) is 34.6 Å². The minimum atomic E-state index is -0.282. The van der Waals surface area contributed by atoms with E-state index in [4.69, 9.17) is 15.0 Å². The van der Waals surface area contributed by atoms with Crippen LogP contribution < -0.4 is 16.2 Å². The molecule has 0 radical (unpaired) electrons. The van der Waals surface area contributed by atoms with Gasteiger partial charge in [0.05, 0.1) is 16.6 Å². The molecule has 0 spiro atoms. The summed E-state index contributed by atoms with van der Waals surface area (Å²) in [6.07, 6.45) is 0. The second-order valence-electron chi connectivity index (χ2n) is 9.30. The highest BCUT2D eigenvalue weighted by atomic mass is 16.1. The maximum absolute atomic E-state index is 13.3. The van der Waals surface area contributed by atoms with Crippen LogP contribution in [0.25, 0.3) is 43.6 Å². The molecule has 0 saturated heterocycles. The van der Waals surface area contributed by atoms with Crippen LogP contribution in [-0.4, -0.2) is 9.97 Å². The Kier molecular flexibility index (Phi) is 4.49.